The third kappa shape index (κ3) is 3.88. The standard InChI is InChI=1S/C30H20F2N6O2S/c1-18(27-23(31)14-24-21(28(27)32)11-7-13-33-24)37-17-35-29-30(37)36-25(15-34-29)22-16-38(26-12-6-5-10-20(22)26)41(39,40)19-8-3-2-4-9-19/h2-18H,1H3. The van der Waals surface area contributed by atoms with E-state index in [4.69, 9.17) is 4.98 Å². The molecule has 202 valence electrons. The van der Waals surface area contributed by atoms with Gasteiger partial charge in [0.15, 0.2) is 11.3 Å². The summed E-state index contributed by atoms with van der Waals surface area (Å²) in [5.41, 5.74) is 2.04. The second-order valence-electron chi connectivity index (χ2n) is 9.56. The molecule has 1 unspecified atom stereocenters. The SMILES string of the molecule is CC(c1c(F)cc2ncccc2c1F)n1cnc2ncc(-c3cn(S(=O)(=O)c4ccccc4)c4ccccc34)nc21. The summed E-state index contributed by atoms with van der Waals surface area (Å²) in [6.45, 7) is 1.65. The lowest BCUT2D eigenvalue weighted by atomic mass is 10.0. The third-order valence-electron chi connectivity index (χ3n) is 7.21. The molecule has 0 aliphatic rings. The Bertz CT molecular complexity index is 2230. The number of pyridine rings is 1. The Morgan fingerprint density at radius 3 is 2.46 bits per heavy atom. The zero-order valence-electron chi connectivity index (χ0n) is 21.5. The summed E-state index contributed by atoms with van der Waals surface area (Å²) in [6, 6.07) is 18.8. The van der Waals surface area contributed by atoms with Crippen LogP contribution >= 0.6 is 0 Å². The maximum atomic E-state index is 15.5. The first-order valence-corrected chi connectivity index (χ1v) is 14.1. The van der Waals surface area contributed by atoms with Crippen molar-refractivity contribution in [1.29, 1.82) is 0 Å². The molecular weight excluding hydrogens is 546 g/mol. The summed E-state index contributed by atoms with van der Waals surface area (Å²) >= 11 is 0. The van der Waals surface area contributed by atoms with Crippen molar-refractivity contribution in [3.8, 4) is 11.3 Å². The fraction of sp³-hybridized carbons (Fsp3) is 0.0667. The van der Waals surface area contributed by atoms with Gasteiger partial charge in [0.05, 0.1) is 40.2 Å². The van der Waals surface area contributed by atoms with Crippen molar-refractivity contribution in [2.75, 3.05) is 0 Å². The molecule has 7 aromatic rings. The van der Waals surface area contributed by atoms with Crippen molar-refractivity contribution in [2.24, 2.45) is 0 Å². The van der Waals surface area contributed by atoms with Gasteiger partial charge in [0.25, 0.3) is 10.0 Å². The van der Waals surface area contributed by atoms with Gasteiger partial charge in [-0.25, -0.2) is 36.1 Å². The quantitative estimate of drug-likeness (QED) is 0.249. The van der Waals surface area contributed by atoms with Crippen molar-refractivity contribution in [3.05, 3.63) is 115 Å². The van der Waals surface area contributed by atoms with Gasteiger partial charge in [0, 0.05) is 40.4 Å². The predicted octanol–water partition coefficient (Wildman–Crippen LogP) is 6.12. The molecule has 3 aromatic carbocycles. The number of benzene rings is 3. The molecule has 8 nitrogen and oxygen atoms in total. The number of rotatable bonds is 5. The molecule has 0 bridgehead atoms. The fourth-order valence-electron chi connectivity index (χ4n) is 5.17. The Balaban J connectivity index is 1.39. The van der Waals surface area contributed by atoms with Crippen LogP contribution in [-0.2, 0) is 10.0 Å². The van der Waals surface area contributed by atoms with Crippen LogP contribution in [0, 0.1) is 11.6 Å². The Labute approximate surface area is 232 Å². The van der Waals surface area contributed by atoms with Crippen LogP contribution in [-0.4, -0.2) is 36.9 Å². The van der Waals surface area contributed by atoms with E-state index in [1.807, 2.05) is 6.07 Å². The molecule has 0 fully saturated rings. The lowest BCUT2D eigenvalue weighted by Crippen LogP contribution is -2.12. The molecule has 0 spiro atoms. The molecule has 4 heterocycles. The normalized spacial score (nSPS) is 12.9. The van der Waals surface area contributed by atoms with Gasteiger partial charge < -0.3 is 4.57 Å². The summed E-state index contributed by atoms with van der Waals surface area (Å²) in [4.78, 5) is 17.7. The van der Waals surface area contributed by atoms with Crippen LogP contribution in [0.25, 0.3) is 44.4 Å². The van der Waals surface area contributed by atoms with E-state index in [1.54, 1.807) is 60.0 Å². The van der Waals surface area contributed by atoms with E-state index >= 15 is 8.78 Å². The van der Waals surface area contributed by atoms with Crippen molar-refractivity contribution >= 4 is 43.1 Å². The summed E-state index contributed by atoms with van der Waals surface area (Å²) in [7, 11) is -3.91. The summed E-state index contributed by atoms with van der Waals surface area (Å²) in [5.74, 6) is -1.44. The van der Waals surface area contributed by atoms with Gasteiger partial charge >= 0.3 is 0 Å². The van der Waals surface area contributed by atoms with Crippen molar-refractivity contribution < 1.29 is 17.2 Å². The van der Waals surface area contributed by atoms with Gasteiger partial charge in [0.2, 0.25) is 0 Å². The van der Waals surface area contributed by atoms with Crippen LogP contribution in [0.15, 0.2) is 103 Å². The maximum Gasteiger partial charge on any atom is 0.268 e. The summed E-state index contributed by atoms with van der Waals surface area (Å²) in [6.07, 6.45) is 5.94. The van der Waals surface area contributed by atoms with Crippen molar-refractivity contribution in [3.63, 3.8) is 0 Å². The lowest BCUT2D eigenvalue weighted by Gasteiger charge is -2.17. The number of halogens is 2. The van der Waals surface area contributed by atoms with Crippen LogP contribution in [0.4, 0.5) is 8.78 Å². The van der Waals surface area contributed by atoms with E-state index in [1.165, 1.54) is 47.1 Å². The van der Waals surface area contributed by atoms with Crippen LogP contribution in [0.2, 0.25) is 0 Å². The zero-order chi connectivity index (χ0) is 28.3. The van der Waals surface area contributed by atoms with E-state index in [0.29, 0.717) is 27.8 Å². The third-order valence-corrected chi connectivity index (χ3v) is 8.89. The lowest BCUT2D eigenvalue weighted by molar-refractivity contribution is 0.517. The highest BCUT2D eigenvalue weighted by atomic mass is 32.2. The van der Waals surface area contributed by atoms with Crippen LogP contribution in [0.5, 0.6) is 0 Å². The predicted molar refractivity (Wildman–Crippen MR) is 151 cm³/mol. The van der Waals surface area contributed by atoms with Crippen LogP contribution in [0.3, 0.4) is 0 Å². The van der Waals surface area contributed by atoms with Gasteiger partial charge in [-0.3, -0.25) is 4.98 Å². The highest BCUT2D eigenvalue weighted by molar-refractivity contribution is 7.90. The zero-order valence-corrected chi connectivity index (χ0v) is 22.3. The molecule has 0 saturated heterocycles. The maximum absolute atomic E-state index is 15.5. The molecule has 0 N–H and O–H groups in total. The summed E-state index contributed by atoms with van der Waals surface area (Å²) in [5, 5.41) is 0.860. The van der Waals surface area contributed by atoms with Crippen molar-refractivity contribution in [1.82, 2.24) is 28.5 Å². The smallest absolute Gasteiger partial charge is 0.268 e. The Hall–Kier alpha value is -5.03. The molecule has 0 aliphatic heterocycles. The van der Waals surface area contributed by atoms with Gasteiger partial charge in [0.1, 0.15) is 11.6 Å². The second kappa shape index (κ2) is 9.27. The Morgan fingerprint density at radius 1 is 0.878 bits per heavy atom. The van der Waals surface area contributed by atoms with E-state index < -0.39 is 27.7 Å². The number of fused-ring (bicyclic) bond motifs is 3. The number of hydrogen-bond acceptors (Lipinski definition) is 6. The average Bonchev–Trinajstić information content (AvgIpc) is 3.60. The second-order valence-corrected chi connectivity index (χ2v) is 11.4. The Morgan fingerprint density at radius 2 is 1.63 bits per heavy atom. The number of hydrogen-bond donors (Lipinski definition) is 0. The largest absolute Gasteiger partial charge is 0.306 e. The number of para-hydroxylation sites is 1. The summed E-state index contributed by atoms with van der Waals surface area (Å²) < 4.78 is 60.6. The molecular formula is C30H20F2N6O2S. The van der Waals surface area contributed by atoms with Gasteiger partial charge in [-0.05, 0) is 37.3 Å². The topological polar surface area (TPSA) is 95.6 Å². The highest BCUT2D eigenvalue weighted by Gasteiger charge is 2.25. The number of imidazole rings is 1. The fourth-order valence-corrected chi connectivity index (χ4v) is 6.56. The first-order valence-electron chi connectivity index (χ1n) is 12.7. The van der Waals surface area contributed by atoms with E-state index in [-0.39, 0.29) is 27.0 Å². The molecule has 0 saturated carbocycles. The minimum atomic E-state index is -3.91. The van der Waals surface area contributed by atoms with Gasteiger partial charge in [-0.2, -0.15) is 0 Å². The average molecular weight is 567 g/mol. The van der Waals surface area contributed by atoms with Crippen molar-refractivity contribution in [2.45, 2.75) is 17.9 Å². The highest BCUT2D eigenvalue weighted by Crippen LogP contribution is 2.34. The van der Waals surface area contributed by atoms with Gasteiger partial charge in [-0.1, -0.05) is 36.4 Å². The van der Waals surface area contributed by atoms with E-state index in [2.05, 4.69) is 15.0 Å². The first kappa shape index (κ1) is 25.0. The molecule has 41 heavy (non-hydrogen) atoms. The van der Waals surface area contributed by atoms with E-state index in [0.717, 1.165) is 0 Å². The first-order chi connectivity index (χ1) is 19.8. The molecule has 1 atom stereocenters. The Kier molecular flexibility index (Phi) is 5.65. The molecule has 4 aromatic heterocycles. The number of aromatic nitrogens is 6. The molecule has 7 rings (SSSR count). The molecule has 0 aliphatic carbocycles. The molecule has 11 heteroatoms. The minimum Gasteiger partial charge on any atom is -0.306 e. The minimum absolute atomic E-state index is 0.148. The monoisotopic (exact) mass is 566 g/mol. The van der Waals surface area contributed by atoms with E-state index in [9.17, 15) is 8.42 Å². The molecule has 0 radical (unpaired) electrons. The van der Waals surface area contributed by atoms with Crippen LogP contribution in [0.1, 0.15) is 18.5 Å². The van der Waals surface area contributed by atoms with Gasteiger partial charge in [-0.15, -0.1) is 0 Å². The van der Waals surface area contributed by atoms with Crippen LogP contribution < -0.4 is 0 Å². The molecule has 0 amide bonds. The number of nitrogens with zero attached hydrogens (tertiary/aromatic N) is 6.